The van der Waals surface area contributed by atoms with Gasteiger partial charge in [-0.1, -0.05) is 6.07 Å². The molecule has 0 fully saturated rings. The van der Waals surface area contributed by atoms with Crippen LogP contribution in [0.4, 0.5) is 19.3 Å². The van der Waals surface area contributed by atoms with Crippen molar-refractivity contribution in [1.29, 1.82) is 0 Å². The standard InChI is InChI=1S/C10H12F2N2O/c1-6(2)13-10(15)14-8-5-3-4-7(11)9(8)12/h3-6H,1-2H3,(H2,13,14,15). The zero-order valence-electron chi connectivity index (χ0n) is 8.47. The number of amides is 2. The molecule has 1 aromatic rings. The summed E-state index contributed by atoms with van der Waals surface area (Å²) >= 11 is 0. The maximum atomic E-state index is 13.1. The van der Waals surface area contributed by atoms with E-state index in [9.17, 15) is 13.6 Å². The van der Waals surface area contributed by atoms with Crippen LogP contribution in [-0.4, -0.2) is 12.1 Å². The summed E-state index contributed by atoms with van der Waals surface area (Å²) in [5.41, 5.74) is -0.173. The zero-order valence-corrected chi connectivity index (χ0v) is 8.47. The summed E-state index contributed by atoms with van der Waals surface area (Å²) < 4.78 is 25.8. The van der Waals surface area contributed by atoms with Gasteiger partial charge in [-0.3, -0.25) is 0 Å². The second-order valence-corrected chi connectivity index (χ2v) is 3.35. The lowest BCUT2D eigenvalue weighted by molar-refractivity contribution is 0.250. The fourth-order valence-electron chi connectivity index (χ4n) is 1.02. The van der Waals surface area contributed by atoms with Gasteiger partial charge in [0.25, 0.3) is 0 Å². The van der Waals surface area contributed by atoms with Crippen LogP contribution in [-0.2, 0) is 0 Å². The van der Waals surface area contributed by atoms with Crippen molar-refractivity contribution < 1.29 is 13.6 Å². The van der Waals surface area contributed by atoms with Gasteiger partial charge in [-0.05, 0) is 26.0 Å². The van der Waals surface area contributed by atoms with Gasteiger partial charge < -0.3 is 10.6 Å². The Balaban J connectivity index is 2.73. The van der Waals surface area contributed by atoms with Crippen molar-refractivity contribution in [3.63, 3.8) is 0 Å². The van der Waals surface area contributed by atoms with E-state index in [1.54, 1.807) is 13.8 Å². The van der Waals surface area contributed by atoms with Gasteiger partial charge in [-0.2, -0.15) is 0 Å². The van der Waals surface area contributed by atoms with Crippen LogP contribution in [0.2, 0.25) is 0 Å². The van der Waals surface area contributed by atoms with Crippen LogP contribution >= 0.6 is 0 Å². The van der Waals surface area contributed by atoms with Crippen molar-refractivity contribution in [2.45, 2.75) is 19.9 Å². The van der Waals surface area contributed by atoms with E-state index in [-0.39, 0.29) is 11.7 Å². The molecule has 82 valence electrons. The fraction of sp³-hybridized carbons (Fsp3) is 0.300. The molecule has 15 heavy (non-hydrogen) atoms. The summed E-state index contributed by atoms with van der Waals surface area (Å²) in [6.45, 7) is 3.53. The third kappa shape index (κ3) is 3.19. The highest BCUT2D eigenvalue weighted by molar-refractivity contribution is 5.89. The number of hydrogen-bond donors (Lipinski definition) is 2. The van der Waals surface area contributed by atoms with Gasteiger partial charge in [0.05, 0.1) is 5.69 Å². The van der Waals surface area contributed by atoms with Crippen LogP contribution in [0.15, 0.2) is 18.2 Å². The topological polar surface area (TPSA) is 41.1 Å². The van der Waals surface area contributed by atoms with E-state index < -0.39 is 17.7 Å². The van der Waals surface area contributed by atoms with Crippen molar-refractivity contribution in [3.05, 3.63) is 29.8 Å². The van der Waals surface area contributed by atoms with Gasteiger partial charge >= 0.3 is 6.03 Å². The Morgan fingerprint density at radius 2 is 2.00 bits per heavy atom. The molecule has 3 nitrogen and oxygen atoms in total. The van der Waals surface area contributed by atoms with Crippen molar-refractivity contribution in [2.24, 2.45) is 0 Å². The minimum absolute atomic E-state index is 0.0679. The lowest BCUT2D eigenvalue weighted by Gasteiger charge is -2.10. The minimum Gasteiger partial charge on any atom is -0.336 e. The number of carbonyl (C=O) groups is 1. The molecule has 0 aromatic heterocycles. The summed E-state index contributed by atoms with van der Waals surface area (Å²) in [6, 6.07) is 2.97. The number of urea groups is 1. The van der Waals surface area contributed by atoms with Gasteiger partial charge in [0.1, 0.15) is 0 Å². The molecule has 2 amide bonds. The third-order valence-corrected chi connectivity index (χ3v) is 1.62. The Morgan fingerprint density at radius 1 is 1.33 bits per heavy atom. The molecule has 0 heterocycles. The molecule has 2 N–H and O–H groups in total. The maximum absolute atomic E-state index is 13.1. The predicted octanol–water partition coefficient (Wildman–Crippen LogP) is 2.49. The highest BCUT2D eigenvalue weighted by Gasteiger charge is 2.10. The third-order valence-electron chi connectivity index (χ3n) is 1.62. The minimum atomic E-state index is -1.06. The van der Waals surface area contributed by atoms with Crippen LogP contribution in [0, 0.1) is 11.6 Å². The molecule has 0 saturated heterocycles. The maximum Gasteiger partial charge on any atom is 0.319 e. The molecule has 5 heteroatoms. The summed E-state index contributed by atoms with van der Waals surface area (Å²) in [4.78, 5) is 11.2. The van der Waals surface area contributed by atoms with Crippen LogP contribution in [0.25, 0.3) is 0 Å². The number of halogens is 2. The SMILES string of the molecule is CC(C)NC(=O)Nc1cccc(F)c1F. The van der Waals surface area contributed by atoms with E-state index >= 15 is 0 Å². The monoisotopic (exact) mass is 214 g/mol. The fourth-order valence-corrected chi connectivity index (χ4v) is 1.02. The predicted molar refractivity (Wildman–Crippen MR) is 53.6 cm³/mol. The normalized spacial score (nSPS) is 10.2. The molecule has 0 spiro atoms. The van der Waals surface area contributed by atoms with Gasteiger partial charge in [-0.15, -0.1) is 0 Å². The van der Waals surface area contributed by atoms with Gasteiger partial charge in [0.15, 0.2) is 11.6 Å². The molecule has 0 saturated carbocycles. The van der Waals surface area contributed by atoms with Crippen molar-refractivity contribution in [3.8, 4) is 0 Å². The lowest BCUT2D eigenvalue weighted by Crippen LogP contribution is -2.34. The second-order valence-electron chi connectivity index (χ2n) is 3.35. The van der Waals surface area contributed by atoms with Crippen LogP contribution in [0.3, 0.4) is 0 Å². The second kappa shape index (κ2) is 4.72. The first-order valence-corrected chi connectivity index (χ1v) is 4.52. The van der Waals surface area contributed by atoms with Crippen molar-refractivity contribution in [1.82, 2.24) is 5.32 Å². The van der Waals surface area contributed by atoms with E-state index in [0.29, 0.717) is 0 Å². The quantitative estimate of drug-likeness (QED) is 0.780. The van der Waals surface area contributed by atoms with Crippen LogP contribution in [0.1, 0.15) is 13.8 Å². The van der Waals surface area contributed by atoms with E-state index in [4.69, 9.17) is 0 Å². The molecular formula is C10H12F2N2O. The van der Waals surface area contributed by atoms with Crippen LogP contribution in [0.5, 0.6) is 0 Å². The number of nitrogens with one attached hydrogen (secondary N) is 2. The number of anilines is 1. The molecule has 0 bridgehead atoms. The number of rotatable bonds is 2. The van der Waals surface area contributed by atoms with E-state index in [2.05, 4.69) is 10.6 Å². The Morgan fingerprint density at radius 3 is 2.60 bits per heavy atom. The first-order chi connectivity index (χ1) is 7.00. The first-order valence-electron chi connectivity index (χ1n) is 4.52. The number of benzene rings is 1. The van der Waals surface area contributed by atoms with E-state index in [1.807, 2.05) is 0 Å². The van der Waals surface area contributed by atoms with Crippen molar-refractivity contribution in [2.75, 3.05) is 5.32 Å². The summed E-state index contributed by atoms with van der Waals surface area (Å²) in [5.74, 6) is -2.05. The van der Waals surface area contributed by atoms with Crippen molar-refractivity contribution >= 4 is 11.7 Å². The molecule has 1 aromatic carbocycles. The Labute approximate surface area is 86.5 Å². The first kappa shape index (κ1) is 11.4. The summed E-state index contributed by atoms with van der Waals surface area (Å²) in [6.07, 6.45) is 0. The highest BCUT2D eigenvalue weighted by atomic mass is 19.2. The van der Waals surface area contributed by atoms with E-state index in [1.165, 1.54) is 12.1 Å². The molecule has 1 rings (SSSR count). The Kier molecular flexibility index (Phi) is 3.60. The number of hydrogen-bond acceptors (Lipinski definition) is 1. The zero-order chi connectivity index (χ0) is 11.4. The lowest BCUT2D eigenvalue weighted by atomic mass is 10.3. The molecule has 0 unspecified atom stereocenters. The van der Waals surface area contributed by atoms with Gasteiger partial charge in [0.2, 0.25) is 0 Å². The highest BCUT2D eigenvalue weighted by Crippen LogP contribution is 2.16. The molecule has 0 radical (unpaired) electrons. The number of carbonyl (C=O) groups excluding carboxylic acids is 1. The van der Waals surface area contributed by atoms with Gasteiger partial charge in [-0.25, -0.2) is 13.6 Å². The Hall–Kier alpha value is -1.65. The van der Waals surface area contributed by atoms with E-state index in [0.717, 1.165) is 6.07 Å². The molecule has 0 atom stereocenters. The average molecular weight is 214 g/mol. The molecule has 0 aliphatic carbocycles. The summed E-state index contributed by atoms with van der Waals surface area (Å²) in [7, 11) is 0. The van der Waals surface area contributed by atoms with Crippen LogP contribution < -0.4 is 10.6 Å². The molecule has 0 aliphatic heterocycles. The smallest absolute Gasteiger partial charge is 0.319 e. The average Bonchev–Trinajstić information content (AvgIpc) is 2.11. The Bertz CT molecular complexity index is 366. The van der Waals surface area contributed by atoms with Gasteiger partial charge in [0, 0.05) is 6.04 Å². The summed E-state index contributed by atoms with van der Waals surface area (Å²) in [5, 5.41) is 4.72. The molecular weight excluding hydrogens is 202 g/mol. The molecule has 0 aliphatic rings. The largest absolute Gasteiger partial charge is 0.336 e.